The van der Waals surface area contributed by atoms with E-state index in [0.717, 1.165) is 18.4 Å². The van der Waals surface area contributed by atoms with Gasteiger partial charge >= 0.3 is 5.69 Å². The van der Waals surface area contributed by atoms with Gasteiger partial charge in [0.2, 0.25) is 0 Å². The lowest BCUT2D eigenvalue weighted by Crippen LogP contribution is -2.26. The molecule has 0 radical (unpaired) electrons. The number of aryl methyl sites for hydroxylation is 1. The Kier molecular flexibility index (Phi) is 3.51. The van der Waals surface area contributed by atoms with Crippen LogP contribution in [0.5, 0.6) is 0 Å². The second-order valence-corrected chi connectivity index (χ2v) is 5.63. The van der Waals surface area contributed by atoms with Gasteiger partial charge in [-0.15, -0.1) is 5.10 Å². The molecule has 0 aromatic carbocycles. The molecule has 0 spiro atoms. The topological polar surface area (TPSA) is 71.2 Å². The number of aromatic nitrogens is 4. The summed E-state index contributed by atoms with van der Waals surface area (Å²) < 4.78 is 14.1. The van der Waals surface area contributed by atoms with Crippen molar-refractivity contribution in [3.8, 4) is 11.4 Å². The Morgan fingerprint density at radius 1 is 1.27 bits per heavy atom. The van der Waals surface area contributed by atoms with Crippen LogP contribution in [0.4, 0.5) is 0 Å². The van der Waals surface area contributed by atoms with Crippen molar-refractivity contribution in [3.05, 3.63) is 35.0 Å². The standard InChI is InChI=1S/C15H18N4O3/c20-15-18(7-5-13-21-8-9-22-13)17-14(19(15)12-3-4-12)11-2-1-6-16-10-11/h1-2,6,10,12-13H,3-5,7-9H2. The van der Waals surface area contributed by atoms with Gasteiger partial charge in [0.25, 0.3) is 0 Å². The minimum absolute atomic E-state index is 0.0562. The van der Waals surface area contributed by atoms with Gasteiger partial charge in [-0.25, -0.2) is 9.48 Å². The highest BCUT2D eigenvalue weighted by Crippen LogP contribution is 2.36. The summed E-state index contributed by atoms with van der Waals surface area (Å²) in [6.45, 7) is 1.74. The fourth-order valence-corrected chi connectivity index (χ4v) is 2.72. The third kappa shape index (κ3) is 2.57. The number of hydrogen-bond acceptors (Lipinski definition) is 5. The Balaban J connectivity index is 1.63. The molecule has 7 heteroatoms. The predicted octanol–water partition coefficient (Wildman–Crippen LogP) is 1.20. The van der Waals surface area contributed by atoms with Crippen molar-refractivity contribution in [3.63, 3.8) is 0 Å². The van der Waals surface area contributed by atoms with E-state index < -0.39 is 0 Å². The average molecular weight is 302 g/mol. The number of hydrogen-bond donors (Lipinski definition) is 0. The molecular formula is C15H18N4O3. The second-order valence-electron chi connectivity index (χ2n) is 5.63. The van der Waals surface area contributed by atoms with Gasteiger partial charge in [0.1, 0.15) is 0 Å². The molecule has 1 aliphatic heterocycles. The van der Waals surface area contributed by atoms with Crippen LogP contribution in [0.25, 0.3) is 11.4 Å². The molecule has 2 fully saturated rings. The van der Waals surface area contributed by atoms with Gasteiger partial charge in [0, 0.05) is 30.4 Å². The minimum atomic E-state index is -0.222. The maximum atomic E-state index is 12.6. The van der Waals surface area contributed by atoms with Gasteiger partial charge in [-0.05, 0) is 25.0 Å². The van der Waals surface area contributed by atoms with Gasteiger partial charge in [-0.2, -0.15) is 0 Å². The molecule has 2 aromatic rings. The summed E-state index contributed by atoms with van der Waals surface area (Å²) in [5.41, 5.74) is 0.818. The zero-order valence-electron chi connectivity index (χ0n) is 12.2. The first-order valence-corrected chi connectivity index (χ1v) is 7.66. The van der Waals surface area contributed by atoms with Crippen molar-refractivity contribution in [2.45, 2.75) is 38.1 Å². The van der Waals surface area contributed by atoms with E-state index in [1.165, 1.54) is 4.68 Å². The lowest BCUT2D eigenvalue weighted by atomic mass is 10.3. The van der Waals surface area contributed by atoms with Crippen molar-refractivity contribution in [1.29, 1.82) is 0 Å². The molecule has 0 N–H and O–H groups in total. The Morgan fingerprint density at radius 3 is 2.77 bits per heavy atom. The summed E-state index contributed by atoms with van der Waals surface area (Å²) in [5.74, 6) is 0.703. The number of rotatable bonds is 5. The van der Waals surface area contributed by atoms with E-state index in [0.29, 0.717) is 32.0 Å². The molecule has 116 valence electrons. The molecule has 3 heterocycles. The lowest BCUT2D eigenvalue weighted by molar-refractivity contribution is -0.0497. The average Bonchev–Trinajstić information content (AvgIpc) is 3.14. The third-order valence-corrected chi connectivity index (χ3v) is 3.97. The number of pyridine rings is 1. The molecule has 4 rings (SSSR count). The second kappa shape index (κ2) is 5.66. The van der Waals surface area contributed by atoms with Crippen LogP contribution in [-0.4, -0.2) is 38.8 Å². The molecule has 1 aliphatic carbocycles. The monoisotopic (exact) mass is 302 g/mol. The summed E-state index contributed by atoms with van der Waals surface area (Å²) in [6.07, 6.45) is 5.94. The van der Waals surface area contributed by atoms with Crippen LogP contribution >= 0.6 is 0 Å². The first-order valence-electron chi connectivity index (χ1n) is 7.66. The third-order valence-electron chi connectivity index (χ3n) is 3.97. The fraction of sp³-hybridized carbons (Fsp3) is 0.533. The highest BCUT2D eigenvalue weighted by Gasteiger charge is 2.30. The molecule has 0 amide bonds. The van der Waals surface area contributed by atoms with Crippen LogP contribution in [0.3, 0.4) is 0 Å². The normalized spacial score (nSPS) is 18.9. The van der Waals surface area contributed by atoms with Crippen molar-refractivity contribution in [2.75, 3.05) is 13.2 Å². The van der Waals surface area contributed by atoms with Crippen LogP contribution in [0, 0.1) is 0 Å². The molecule has 1 saturated carbocycles. The van der Waals surface area contributed by atoms with Gasteiger partial charge < -0.3 is 9.47 Å². The van der Waals surface area contributed by atoms with Crippen LogP contribution in [0.1, 0.15) is 25.3 Å². The van der Waals surface area contributed by atoms with Gasteiger partial charge in [-0.1, -0.05) is 0 Å². The molecular weight excluding hydrogens is 284 g/mol. The van der Waals surface area contributed by atoms with E-state index in [4.69, 9.17) is 9.47 Å². The van der Waals surface area contributed by atoms with E-state index in [2.05, 4.69) is 10.1 Å². The molecule has 0 atom stereocenters. The summed E-state index contributed by atoms with van der Waals surface area (Å²) in [7, 11) is 0. The molecule has 2 aliphatic rings. The summed E-state index contributed by atoms with van der Waals surface area (Å²) in [5, 5.41) is 4.52. The highest BCUT2D eigenvalue weighted by atomic mass is 16.7. The van der Waals surface area contributed by atoms with Crippen LogP contribution in [0.15, 0.2) is 29.3 Å². The minimum Gasteiger partial charge on any atom is -0.350 e. The van der Waals surface area contributed by atoms with Crippen molar-refractivity contribution in [1.82, 2.24) is 19.3 Å². The predicted molar refractivity (Wildman–Crippen MR) is 78.3 cm³/mol. The van der Waals surface area contributed by atoms with Crippen LogP contribution < -0.4 is 5.69 Å². The number of ether oxygens (including phenoxy) is 2. The Labute approximate surface area is 127 Å². The lowest BCUT2D eigenvalue weighted by Gasteiger charge is -2.07. The summed E-state index contributed by atoms with van der Waals surface area (Å²) in [4.78, 5) is 16.7. The Morgan fingerprint density at radius 2 is 2.09 bits per heavy atom. The van der Waals surface area contributed by atoms with Gasteiger partial charge in [0.15, 0.2) is 12.1 Å². The molecule has 0 bridgehead atoms. The molecule has 0 unspecified atom stereocenters. The van der Waals surface area contributed by atoms with Crippen LogP contribution in [0.2, 0.25) is 0 Å². The van der Waals surface area contributed by atoms with E-state index in [-0.39, 0.29) is 18.0 Å². The maximum Gasteiger partial charge on any atom is 0.346 e. The number of nitrogens with zero attached hydrogens (tertiary/aromatic N) is 4. The zero-order chi connectivity index (χ0) is 14.9. The summed E-state index contributed by atoms with van der Waals surface area (Å²) >= 11 is 0. The van der Waals surface area contributed by atoms with E-state index in [9.17, 15) is 4.79 Å². The van der Waals surface area contributed by atoms with Gasteiger partial charge in [-0.3, -0.25) is 9.55 Å². The summed E-state index contributed by atoms with van der Waals surface area (Å²) in [6, 6.07) is 4.06. The van der Waals surface area contributed by atoms with E-state index in [1.807, 2.05) is 12.1 Å². The SMILES string of the molecule is O=c1n(CCC2OCCO2)nc(-c2cccnc2)n1C1CC1. The Bertz CT molecular complexity index is 699. The van der Waals surface area contributed by atoms with Crippen molar-refractivity contribution in [2.24, 2.45) is 0 Å². The van der Waals surface area contributed by atoms with Crippen LogP contribution in [-0.2, 0) is 16.0 Å². The maximum absolute atomic E-state index is 12.6. The first kappa shape index (κ1) is 13.7. The molecule has 1 saturated heterocycles. The fourth-order valence-electron chi connectivity index (χ4n) is 2.72. The van der Waals surface area contributed by atoms with Crippen molar-refractivity contribution >= 4 is 0 Å². The smallest absolute Gasteiger partial charge is 0.346 e. The van der Waals surface area contributed by atoms with Gasteiger partial charge in [0.05, 0.1) is 19.8 Å². The Hall–Kier alpha value is -1.99. The molecule has 7 nitrogen and oxygen atoms in total. The molecule has 2 aromatic heterocycles. The molecule has 22 heavy (non-hydrogen) atoms. The van der Waals surface area contributed by atoms with E-state index >= 15 is 0 Å². The largest absolute Gasteiger partial charge is 0.350 e. The highest BCUT2D eigenvalue weighted by molar-refractivity contribution is 5.53. The van der Waals surface area contributed by atoms with E-state index in [1.54, 1.807) is 17.0 Å². The quantitative estimate of drug-likeness (QED) is 0.830. The first-order chi connectivity index (χ1) is 10.8. The van der Waals surface area contributed by atoms with Crippen molar-refractivity contribution < 1.29 is 9.47 Å². The zero-order valence-corrected chi connectivity index (χ0v) is 12.2.